The van der Waals surface area contributed by atoms with Crippen LogP contribution in [0.4, 0.5) is 5.69 Å². The number of nitrogens with one attached hydrogen (secondary N) is 1. The molecule has 8 heteroatoms. The van der Waals surface area contributed by atoms with E-state index < -0.39 is 10.0 Å². The van der Waals surface area contributed by atoms with E-state index in [0.717, 1.165) is 5.56 Å². The Morgan fingerprint density at radius 1 is 1.11 bits per heavy atom. The van der Waals surface area contributed by atoms with Gasteiger partial charge in [-0.15, -0.1) is 0 Å². The molecule has 0 atom stereocenters. The minimum absolute atomic E-state index is 0.0316. The summed E-state index contributed by atoms with van der Waals surface area (Å²) in [5.74, 6) is -0.365. The van der Waals surface area contributed by atoms with Crippen molar-refractivity contribution < 1.29 is 17.9 Å². The first-order valence-electron chi connectivity index (χ1n) is 8.38. The van der Waals surface area contributed by atoms with Gasteiger partial charge in [-0.25, -0.2) is 8.42 Å². The van der Waals surface area contributed by atoms with Crippen LogP contribution in [0, 0.1) is 0 Å². The molecule has 2 aromatic rings. The molecule has 0 unspecified atom stereocenters. The summed E-state index contributed by atoms with van der Waals surface area (Å²) >= 11 is 6.11. The second kappa shape index (κ2) is 8.67. The van der Waals surface area contributed by atoms with Gasteiger partial charge >= 0.3 is 0 Å². The van der Waals surface area contributed by atoms with Crippen molar-refractivity contribution in [2.45, 2.75) is 4.90 Å². The van der Waals surface area contributed by atoms with Gasteiger partial charge in [0.2, 0.25) is 15.9 Å². The molecule has 0 spiro atoms. The predicted octanol–water partition coefficient (Wildman–Crippen LogP) is 3.01. The average molecular weight is 407 g/mol. The van der Waals surface area contributed by atoms with Crippen LogP contribution in [0.1, 0.15) is 5.56 Å². The second-order valence-corrected chi connectivity index (χ2v) is 8.21. The van der Waals surface area contributed by atoms with Crippen molar-refractivity contribution in [1.82, 2.24) is 4.31 Å². The summed E-state index contributed by atoms with van der Waals surface area (Å²) in [5, 5.41) is 2.77. The molecule has 1 saturated heterocycles. The standard InChI is InChI=1S/C19H19ClN2O4S/c20-17-8-7-16(21-19(23)9-6-15-4-2-1-3-5-15)14-18(17)27(24,25)22-10-12-26-13-11-22/h1-9,14H,10-13H2,(H,21,23)/b9-6+. The molecule has 1 amide bonds. The fourth-order valence-corrected chi connectivity index (χ4v) is 4.53. The van der Waals surface area contributed by atoms with E-state index in [2.05, 4.69) is 5.32 Å². The summed E-state index contributed by atoms with van der Waals surface area (Å²) in [6.07, 6.45) is 3.07. The van der Waals surface area contributed by atoms with Gasteiger partial charge in [0.1, 0.15) is 4.90 Å². The molecule has 1 aliphatic rings. The van der Waals surface area contributed by atoms with Crippen LogP contribution in [0.15, 0.2) is 59.5 Å². The topological polar surface area (TPSA) is 75.7 Å². The molecule has 0 bridgehead atoms. The number of sulfonamides is 1. The zero-order valence-corrected chi connectivity index (χ0v) is 16.0. The molecule has 1 fully saturated rings. The van der Waals surface area contributed by atoms with Gasteiger partial charge in [-0.1, -0.05) is 41.9 Å². The van der Waals surface area contributed by atoms with Crippen LogP contribution in [-0.2, 0) is 19.6 Å². The third-order valence-corrected chi connectivity index (χ3v) is 6.39. The van der Waals surface area contributed by atoms with E-state index in [9.17, 15) is 13.2 Å². The molecule has 142 valence electrons. The van der Waals surface area contributed by atoms with Crippen molar-refractivity contribution in [1.29, 1.82) is 0 Å². The summed E-state index contributed by atoms with van der Waals surface area (Å²) < 4.78 is 32.2. The molecule has 1 aliphatic heterocycles. The average Bonchev–Trinajstić information content (AvgIpc) is 2.69. The van der Waals surface area contributed by atoms with E-state index >= 15 is 0 Å². The van der Waals surface area contributed by atoms with Crippen molar-refractivity contribution in [3.05, 3.63) is 65.2 Å². The number of ether oxygens (including phenoxy) is 1. The highest BCUT2D eigenvalue weighted by Gasteiger charge is 2.28. The summed E-state index contributed by atoms with van der Waals surface area (Å²) in [7, 11) is -3.75. The van der Waals surface area contributed by atoms with Crippen molar-refractivity contribution in [3.8, 4) is 0 Å². The number of hydrogen-bond acceptors (Lipinski definition) is 4. The zero-order valence-electron chi connectivity index (χ0n) is 14.5. The SMILES string of the molecule is O=C(/C=C/c1ccccc1)Nc1ccc(Cl)c(S(=O)(=O)N2CCOCC2)c1. The fraction of sp³-hybridized carbons (Fsp3) is 0.211. The van der Waals surface area contributed by atoms with Gasteiger partial charge < -0.3 is 10.1 Å². The summed E-state index contributed by atoms with van der Waals surface area (Å²) in [6, 6.07) is 13.8. The number of hydrogen-bond donors (Lipinski definition) is 1. The third-order valence-electron chi connectivity index (χ3n) is 4.01. The van der Waals surface area contributed by atoms with E-state index in [1.54, 1.807) is 12.1 Å². The Morgan fingerprint density at radius 3 is 2.52 bits per heavy atom. The molecular formula is C19H19ClN2O4S. The van der Waals surface area contributed by atoms with Crippen LogP contribution in [-0.4, -0.2) is 44.9 Å². The molecule has 0 aromatic heterocycles. The molecule has 0 radical (unpaired) electrons. The lowest BCUT2D eigenvalue weighted by Crippen LogP contribution is -2.40. The van der Waals surface area contributed by atoms with Crippen molar-refractivity contribution >= 4 is 39.3 Å². The van der Waals surface area contributed by atoms with Crippen LogP contribution >= 0.6 is 11.6 Å². The summed E-state index contributed by atoms with van der Waals surface area (Å²) in [5.41, 5.74) is 1.24. The Bertz CT molecular complexity index is 939. The number of rotatable bonds is 5. The van der Waals surface area contributed by atoms with Crippen LogP contribution in [0.2, 0.25) is 5.02 Å². The molecule has 1 heterocycles. The van der Waals surface area contributed by atoms with Crippen LogP contribution in [0.25, 0.3) is 6.08 Å². The van der Waals surface area contributed by atoms with Gasteiger partial charge in [0.25, 0.3) is 0 Å². The number of morpholine rings is 1. The number of halogens is 1. The number of anilines is 1. The Balaban J connectivity index is 1.77. The molecule has 0 aliphatic carbocycles. The van der Waals surface area contributed by atoms with Gasteiger partial charge in [-0.05, 0) is 29.8 Å². The molecule has 2 aromatic carbocycles. The number of benzene rings is 2. The van der Waals surface area contributed by atoms with Gasteiger partial charge in [0.15, 0.2) is 0 Å². The van der Waals surface area contributed by atoms with Crippen molar-refractivity contribution in [2.24, 2.45) is 0 Å². The maximum absolute atomic E-state index is 12.8. The highest BCUT2D eigenvalue weighted by Crippen LogP contribution is 2.28. The monoisotopic (exact) mass is 406 g/mol. The summed E-state index contributed by atoms with van der Waals surface area (Å²) in [4.78, 5) is 12.1. The van der Waals surface area contributed by atoms with Gasteiger partial charge in [-0.2, -0.15) is 4.31 Å². The Kier molecular flexibility index (Phi) is 6.28. The first-order chi connectivity index (χ1) is 13.0. The highest BCUT2D eigenvalue weighted by atomic mass is 35.5. The lowest BCUT2D eigenvalue weighted by molar-refractivity contribution is -0.111. The Labute approximate surface area is 163 Å². The predicted molar refractivity (Wildman–Crippen MR) is 105 cm³/mol. The lowest BCUT2D eigenvalue weighted by Gasteiger charge is -2.26. The third kappa shape index (κ3) is 4.95. The fourth-order valence-electron chi connectivity index (χ4n) is 2.62. The lowest BCUT2D eigenvalue weighted by atomic mass is 10.2. The van der Waals surface area contributed by atoms with Crippen LogP contribution in [0.5, 0.6) is 0 Å². The molecular weight excluding hydrogens is 388 g/mol. The smallest absolute Gasteiger partial charge is 0.248 e. The van der Waals surface area contributed by atoms with Gasteiger partial charge in [-0.3, -0.25) is 4.79 Å². The van der Waals surface area contributed by atoms with Crippen LogP contribution < -0.4 is 5.32 Å². The van der Waals surface area contributed by atoms with E-state index in [-0.39, 0.29) is 28.9 Å². The number of amides is 1. The quantitative estimate of drug-likeness (QED) is 0.774. The maximum atomic E-state index is 12.8. The summed E-state index contributed by atoms with van der Waals surface area (Å²) in [6.45, 7) is 1.24. The minimum Gasteiger partial charge on any atom is -0.379 e. The molecule has 6 nitrogen and oxygen atoms in total. The number of carbonyl (C=O) groups excluding carboxylic acids is 1. The van der Waals surface area contributed by atoms with E-state index in [1.165, 1.54) is 22.5 Å². The zero-order chi connectivity index (χ0) is 19.3. The normalized spacial score (nSPS) is 15.7. The molecule has 1 N–H and O–H groups in total. The first kappa shape index (κ1) is 19.6. The Hall–Kier alpha value is -2.19. The largest absolute Gasteiger partial charge is 0.379 e. The van der Waals surface area contributed by atoms with Crippen molar-refractivity contribution in [3.63, 3.8) is 0 Å². The second-order valence-electron chi connectivity index (χ2n) is 5.89. The van der Waals surface area contributed by atoms with Gasteiger partial charge in [0.05, 0.1) is 18.2 Å². The maximum Gasteiger partial charge on any atom is 0.248 e. The number of nitrogens with zero attached hydrogens (tertiary/aromatic N) is 1. The van der Waals surface area contributed by atoms with E-state index in [0.29, 0.717) is 18.9 Å². The Morgan fingerprint density at radius 2 is 1.81 bits per heavy atom. The van der Waals surface area contributed by atoms with Gasteiger partial charge in [0, 0.05) is 24.9 Å². The van der Waals surface area contributed by atoms with E-state index in [4.69, 9.17) is 16.3 Å². The number of carbonyl (C=O) groups is 1. The molecule has 0 saturated carbocycles. The molecule has 27 heavy (non-hydrogen) atoms. The molecule has 3 rings (SSSR count). The van der Waals surface area contributed by atoms with E-state index in [1.807, 2.05) is 30.3 Å². The van der Waals surface area contributed by atoms with Crippen LogP contribution in [0.3, 0.4) is 0 Å². The van der Waals surface area contributed by atoms with Crippen molar-refractivity contribution in [2.75, 3.05) is 31.6 Å². The minimum atomic E-state index is -3.75. The first-order valence-corrected chi connectivity index (χ1v) is 10.2. The highest BCUT2D eigenvalue weighted by molar-refractivity contribution is 7.89.